The second-order valence-corrected chi connectivity index (χ2v) is 6.79. The molecule has 1 aromatic heterocycles. The number of aryl methyl sites for hydroxylation is 1. The van der Waals surface area contributed by atoms with E-state index in [1.165, 1.54) is 45.1 Å². The van der Waals surface area contributed by atoms with Gasteiger partial charge in [0.2, 0.25) is 0 Å². The standard InChI is InChI=1S/C16H29N5/c1-3-15-9-17-16(13-7-5-4-6-8-13)12-21(15)11-14-10-20(2)19-18-14/h10,13,15-17H,3-9,11-12H2,1-2H3. The summed E-state index contributed by atoms with van der Waals surface area (Å²) in [6, 6.07) is 1.30. The zero-order valence-corrected chi connectivity index (χ0v) is 13.5. The van der Waals surface area contributed by atoms with Gasteiger partial charge in [-0.25, -0.2) is 0 Å². The van der Waals surface area contributed by atoms with Crippen LogP contribution in [0.15, 0.2) is 6.20 Å². The SMILES string of the molecule is CCC1CNC(C2CCCCC2)CN1Cc1cn(C)nn1. The van der Waals surface area contributed by atoms with Crippen molar-refractivity contribution in [1.82, 2.24) is 25.2 Å². The van der Waals surface area contributed by atoms with Gasteiger partial charge in [-0.3, -0.25) is 9.58 Å². The van der Waals surface area contributed by atoms with Gasteiger partial charge >= 0.3 is 0 Å². The smallest absolute Gasteiger partial charge is 0.0967 e. The summed E-state index contributed by atoms with van der Waals surface area (Å²) in [6.07, 6.45) is 10.3. The maximum absolute atomic E-state index is 4.27. The summed E-state index contributed by atoms with van der Waals surface area (Å²) >= 11 is 0. The van der Waals surface area contributed by atoms with Gasteiger partial charge in [0.05, 0.1) is 5.69 Å². The summed E-state index contributed by atoms with van der Waals surface area (Å²) in [7, 11) is 1.94. The lowest BCUT2D eigenvalue weighted by Gasteiger charge is -2.43. The molecule has 5 heteroatoms. The predicted molar refractivity (Wildman–Crippen MR) is 83.9 cm³/mol. The molecule has 2 atom stereocenters. The first-order valence-electron chi connectivity index (χ1n) is 8.59. The van der Waals surface area contributed by atoms with Crippen molar-refractivity contribution in [2.45, 2.75) is 64.1 Å². The highest BCUT2D eigenvalue weighted by Crippen LogP contribution is 2.29. The molecule has 0 amide bonds. The summed E-state index contributed by atoms with van der Waals surface area (Å²) in [6.45, 7) is 5.52. The number of nitrogens with one attached hydrogen (secondary N) is 1. The van der Waals surface area contributed by atoms with Crippen molar-refractivity contribution in [2.24, 2.45) is 13.0 Å². The van der Waals surface area contributed by atoms with E-state index in [9.17, 15) is 0 Å². The van der Waals surface area contributed by atoms with Crippen LogP contribution in [0.3, 0.4) is 0 Å². The Hall–Kier alpha value is -0.940. The van der Waals surface area contributed by atoms with Crippen LogP contribution in [0.2, 0.25) is 0 Å². The van der Waals surface area contributed by atoms with Gasteiger partial charge in [-0.2, -0.15) is 0 Å². The van der Waals surface area contributed by atoms with Crippen LogP contribution in [0.4, 0.5) is 0 Å². The van der Waals surface area contributed by atoms with Crippen LogP contribution in [0.25, 0.3) is 0 Å². The molecule has 118 valence electrons. The molecule has 1 aliphatic carbocycles. The molecule has 2 unspecified atom stereocenters. The fourth-order valence-electron chi connectivity index (χ4n) is 4.01. The Labute approximate surface area is 128 Å². The first kappa shape index (κ1) is 15.0. The molecule has 0 bridgehead atoms. The van der Waals surface area contributed by atoms with Gasteiger partial charge in [-0.15, -0.1) is 5.10 Å². The minimum Gasteiger partial charge on any atom is -0.311 e. The molecule has 1 aliphatic heterocycles. The van der Waals surface area contributed by atoms with Gasteiger partial charge in [0.1, 0.15) is 0 Å². The van der Waals surface area contributed by atoms with Gasteiger partial charge in [-0.1, -0.05) is 31.4 Å². The minimum absolute atomic E-state index is 0.631. The van der Waals surface area contributed by atoms with Crippen LogP contribution in [0, 0.1) is 5.92 Å². The first-order chi connectivity index (χ1) is 10.3. The molecule has 5 nitrogen and oxygen atoms in total. The molecule has 2 aliphatic rings. The number of hydrogen-bond donors (Lipinski definition) is 1. The summed E-state index contributed by atoms with van der Waals surface area (Å²) in [5.41, 5.74) is 1.10. The molecule has 0 aromatic carbocycles. The lowest BCUT2D eigenvalue weighted by molar-refractivity contribution is 0.0862. The molecule has 1 saturated carbocycles. The number of aromatic nitrogens is 3. The van der Waals surface area contributed by atoms with Gasteiger partial charge < -0.3 is 5.32 Å². The minimum atomic E-state index is 0.631. The molecule has 2 fully saturated rings. The zero-order chi connectivity index (χ0) is 14.7. The van der Waals surface area contributed by atoms with E-state index >= 15 is 0 Å². The van der Waals surface area contributed by atoms with E-state index in [4.69, 9.17) is 0 Å². The Bertz CT molecular complexity index is 438. The van der Waals surface area contributed by atoms with Crippen molar-refractivity contribution in [2.75, 3.05) is 13.1 Å². The Balaban J connectivity index is 1.63. The lowest BCUT2D eigenvalue weighted by atomic mass is 9.82. The molecule has 21 heavy (non-hydrogen) atoms. The van der Waals surface area contributed by atoms with Crippen LogP contribution >= 0.6 is 0 Å². The van der Waals surface area contributed by atoms with E-state index in [2.05, 4.69) is 27.5 Å². The highest BCUT2D eigenvalue weighted by molar-refractivity contribution is 4.96. The van der Waals surface area contributed by atoms with E-state index in [-0.39, 0.29) is 0 Å². The zero-order valence-electron chi connectivity index (χ0n) is 13.5. The fourth-order valence-corrected chi connectivity index (χ4v) is 4.01. The quantitative estimate of drug-likeness (QED) is 0.921. The van der Waals surface area contributed by atoms with Crippen LogP contribution < -0.4 is 5.32 Å². The fraction of sp³-hybridized carbons (Fsp3) is 0.875. The molecule has 1 aromatic rings. The number of rotatable bonds is 4. The van der Waals surface area contributed by atoms with Crippen molar-refractivity contribution < 1.29 is 0 Å². The maximum Gasteiger partial charge on any atom is 0.0967 e. The monoisotopic (exact) mass is 291 g/mol. The predicted octanol–water partition coefficient (Wildman–Crippen LogP) is 1.95. The van der Waals surface area contributed by atoms with E-state index in [0.29, 0.717) is 12.1 Å². The van der Waals surface area contributed by atoms with E-state index in [1.54, 1.807) is 4.68 Å². The first-order valence-corrected chi connectivity index (χ1v) is 8.59. The van der Waals surface area contributed by atoms with Crippen molar-refractivity contribution in [3.63, 3.8) is 0 Å². The van der Waals surface area contributed by atoms with Crippen LogP contribution in [-0.2, 0) is 13.6 Å². The average Bonchev–Trinajstić information content (AvgIpc) is 2.93. The molecular formula is C16H29N5. The van der Waals surface area contributed by atoms with Gasteiger partial charge in [0.15, 0.2) is 0 Å². The second kappa shape index (κ2) is 6.88. The summed E-state index contributed by atoms with van der Waals surface area (Å²) < 4.78 is 1.80. The summed E-state index contributed by atoms with van der Waals surface area (Å²) in [4.78, 5) is 2.62. The van der Waals surface area contributed by atoms with Crippen molar-refractivity contribution in [3.05, 3.63) is 11.9 Å². The Morgan fingerprint density at radius 3 is 2.76 bits per heavy atom. The van der Waals surface area contributed by atoms with E-state index in [1.807, 2.05) is 13.2 Å². The highest BCUT2D eigenvalue weighted by Gasteiger charge is 2.32. The van der Waals surface area contributed by atoms with Gasteiger partial charge in [0, 0.05) is 45.0 Å². The molecule has 1 N–H and O–H groups in total. The summed E-state index contributed by atoms with van der Waals surface area (Å²) in [5, 5.41) is 12.2. The lowest BCUT2D eigenvalue weighted by Crippen LogP contribution is -2.58. The third-order valence-corrected chi connectivity index (χ3v) is 5.27. The third kappa shape index (κ3) is 3.64. The average molecular weight is 291 g/mol. The van der Waals surface area contributed by atoms with E-state index in [0.717, 1.165) is 24.7 Å². The largest absolute Gasteiger partial charge is 0.311 e. The molecule has 0 spiro atoms. The molecule has 3 rings (SSSR count). The van der Waals surface area contributed by atoms with Crippen LogP contribution in [0.5, 0.6) is 0 Å². The Morgan fingerprint density at radius 1 is 1.29 bits per heavy atom. The molecular weight excluding hydrogens is 262 g/mol. The molecule has 2 heterocycles. The normalized spacial score (nSPS) is 28.9. The van der Waals surface area contributed by atoms with Crippen LogP contribution in [0.1, 0.15) is 51.1 Å². The van der Waals surface area contributed by atoms with Crippen LogP contribution in [-0.4, -0.2) is 45.1 Å². The Morgan fingerprint density at radius 2 is 2.10 bits per heavy atom. The van der Waals surface area contributed by atoms with Crippen molar-refractivity contribution >= 4 is 0 Å². The van der Waals surface area contributed by atoms with Crippen molar-refractivity contribution in [1.29, 1.82) is 0 Å². The van der Waals surface area contributed by atoms with Gasteiger partial charge in [-0.05, 0) is 25.2 Å². The number of hydrogen-bond acceptors (Lipinski definition) is 4. The second-order valence-electron chi connectivity index (χ2n) is 6.79. The number of nitrogens with zero attached hydrogens (tertiary/aromatic N) is 4. The topological polar surface area (TPSA) is 46.0 Å². The number of piperazine rings is 1. The summed E-state index contributed by atoms with van der Waals surface area (Å²) in [5.74, 6) is 0.876. The van der Waals surface area contributed by atoms with Crippen molar-refractivity contribution in [3.8, 4) is 0 Å². The molecule has 0 radical (unpaired) electrons. The van der Waals surface area contributed by atoms with E-state index < -0.39 is 0 Å². The highest BCUT2D eigenvalue weighted by atomic mass is 15.4. The maximum atomic E-state index is 4.27. The molecule has 1 saturated heterocycles. The van der Waals surface area contributed by atoms with Gasteiger partial charge in [0.25, 0.3) is 0 Å². The Kier molecular flexibility index (Phi) is 4.91. The third-order valence-electron chi connectivity index (χ3n) is 5.27.